The van der Waals surface area contributed by atoms with Gasteiger partial charge in [-0.1, -0.05) is 11.6 Å². The van der Waals surface area contributed by atoms with Crippen LogP contribution < -0.4 is 15.5 Å². The molecular formula is C25H35F2N9O2. The van der Waals surface area contributed by atoms with Crippen LogP contribution in [-0.4, -0.2) is 88.2 Å². The van der Waals surface area contributed by atoms with Crippen molar-refractivity contribution in [2.45, 2.75) is 46.0 Å². The summed E-state index contributed by atoms with van der Waals surface area (Å²) in [6, 6.07) is 0. The molecule has 0 aromatic carbocycles. The molecular weight excluding hydrogens is 496 g/mol. The number of nitrogens with zero attached hydrogens (tertiary/aromatic N) is 8. The SMILES string of the molecule is CC(C)=CCCCCC(=O)N1CCN(c2nc(-c3cnc(N)nc3C(F)F)nc(N3CCOCC3)n2)CC1. The van der Waals surface area contributed by atoms with E-state index in [0.717, 1.165) is 19.3 Å². The standard InChI is InChI=1S/C25H35F2N9O2/c1-17(2)6-4-3-5-7-19(37)34-8-10-35(11-9-34)24-31-22(18-16-29-23(28)30-20(18)21(26)27)32-25(33-24)36-12-14-38-15-13-36/h6,16,21H,3-5,7-15H2,1-2H3,(H2,28,29,30). The van der Waals surface area contributed by atoms with Crippen LogP contribution in [0, 0.1) is 0 Å². The number of hydrogen-bond acceptors (Lipinski definition) is 10. The van der Waals surface area contributed by atoms with Gasteiger partial charge in [-0.15, -0.1) is 0 Å². The molecule has 2 aromatic rings. The fourth-order valence-electron chi connectivity index (χ4n) is 4.39. The molecule has 0 saturated carbocycles. The molecule has 2 aliphatic rings. The molecule has 2 N–H and O–H groups in total. The van der Waals surface area contributed by atoms with Crippen molar-refractivity contribution in [2.75, 3.05) is 68.0 Å². The number of ether oxygens (including phenoxy) is 1. The average Bonchev–Trinajstić information content (AvgIpc) is 2.93. The molecule has 0 aliphatic carbocycles. The first-order chi connectivity index (χ1) is 18.3. The molecule has 11 nitrogen and oxygen atoms in total. The molecule has 2 saturated heterocycles. The number of nitrogens with two attached hydrogens (primary N) is 1. The molecule has 4 heterocycles. The molecule has 206 valence electrons. The molecule has 1 amide bonds. The quantitative estimate of drug-likeness (QED) is 0.381. The van der Waals surface area contributed by atoms with Gasteiger partial charge < -0.3 is 25.2 Å². The van der Waals surface area contributed by atoms with E-state index in [9.17, 15) is 13.6 Å². The lowest BCUT2D eigenvalue weighted by atomic mass is 10.1. The van der Waals surface area contributed by atoms with E-state index in [1.165, 1.54) is 11.8 Å². The summed E-state index contributed by atoms with van der Waals surface area (Å²) in [5, 5.41) is 0. The van der Waals surface area contributed by atoms with Gasteiger partial charge in [0.1, 0.15) is 5.69 Å². The van der Waals surface area contributed by atoms with Gasteiger partial charge in [0, 0.05) is 51.9 Å². The van der Waals surface area contributed by atoms with Crippen LogP contribution in [0.15, 0.2) is 17.8 Å². The van der Waals surface area contributed by atoms with Crippen molar-refractivity contribution in [2.24, 2.45) is 0 Å². The number of allylic oxidation sites excluding steroid dienone is 2. The maximum absolute atomic E-state index is 13.8. The third kappa shape index (κ3) is 7.09. The predicted molar refractivity (Wildman–Crippen MR) is 140 cm³/mol. The van der Waals surface area contributed by atoms with E-state index in [-0.39, 0.29) is 23.2 Å². The monoisotopic (exact) mass is 531 g/mol. The summed E-state index contributed by atoms with van der Waals surface area (Å²) < 4.78 is 33.0. The van der Waals surface area contributed by atoms with E-state index in [2.05, 4.69) is 44.8 Å². The smallest absolute Gasteiger partial charge is 0.281 e. The second kappa shape index (κ2) is 12.9. The Kier molecular flexibility index (Phi) is 9.32. The van der Waals surface area contributed by atoms with Gasteiger partial charge in [-0.2, -0.15) is 15.0 Å². The van der Waals surface area contributed by atoms with Gasteiger partial charge in [0.15, 0.2) is 5.82 Å². The minimum absolute atomic E-state index is 0.00860. The zero-order valence-electron chi connectivity index (χ0n) is 21.9. The summed E-state index contributed by atoms with van der Waals surface area (Å²) in [6.45, 7) is 8.43. The van der Waals surface area contributed by atoms with E-state index in [1.807, 2.05) is 14.7 Å². The van der Waals surface area contributed by atoms with Crippen molar-refractivity contribution in [1.29, 1.82) is 0 Å². The van der Waals surface area contributed by atoms with Gasteiger partial charge in [0.25, 0.3) is 6.43 Å². The van der Waals surface area contributed by atoms with Crippen LogP contribution in [0.25, 0.3) is 11.4 Å². The number of morpholine rings is 1. The first kappa shape index (κ1) is 27.6. The molecule has 13 heteroatoms. The Bertz CT molecular complexity index is 1130. The summed E-state index contributed by atoms with van der Waals surface area (Å²) >= 11 is 0. The number of halogens is 2. The van der Waals surface area contributed by atoms with Crippen LogP contribution in [0.4, 0.5) is 26.6 Å². The number of carbonyl (C=O) groups is 1. The normalized spacial score (nSPS) is 16.2. The molecule has 4 rings (SSSR count). The van der Waals surface area contributed by atoms with Crippen LogP contribution >= 0.6 is 0 Å². The Morgan fingerprint density at radius 3 is 2.29 bits per heavy atom. The van der Waals surface area contributed by atoms with Gasteiger partial charge in [-0.25, -0.2) is 18.7 Å². The molecule has 2 aromatic heterocycles. The van der Waals surface area contributed by atoms with E-state index in [0.29, 0.717) is 70.8 Å². The van der Waals surface area contributed by atoms with E-state index in [4.69, 9.17) is 10.5 Å². The second-order valence-corrected chi connectivity index (χ2v) is 9.58. The van der Waals surface area contributed by atoms with Gasteiger partial charge in [0.2, 0.25) is 23.8 Å². The van der Waals surface area contributed by atoms with Crippen molar-refractivity contribution in [3.05, 3.63) is 23.5 Å². The summed E-state index contributed by atoms with van der Waals surface area (Å²) in [5.41, 5.74) is 6.33. The van der Waals surface area contributed by atoms with Gasteiger partial charge >= 0.3 is 0 Å². The Labute approximate surface area is 221 Å². The molecule has 38 heavy (non-hydrogen) atoms. The fraction of sp³-hybridized carbons (Fsp3) is 0.600. The highest BCUT2D eigenvalue weighted by molar-refractivity contribution is 5.76. The van der Waals surface area contributed by atoms with Crippen LogP contribution in [-0.2, 0) is 9.53 Å². The van der Waals surface area contributed by atoms with Crippen molar-refractivity contribution < 1.29 is 18.3 Å². The summed E-state index contributed by atoms with van der Waals surface area (Å²) in [7, 11) is 0. The van der Waals surface area contributed by atoms with Crippen LogP contribution in [0.1, 0.15) is 51.7 Å². The lowest BCUT2D eigenvalue weighted by molar-refractivity contribution is -0.131. The highest BCUT2D eigenvalue weighted by Crippen LogP contribution is 2.30. The van der Waals surface area contributed by atoms with Crippen LogP contribution in [0.3, 0.4) is 0 Å². The number of unbranched alkanes of at least 4 members (excludes halogenated alkanes) is 2. The Hall–Kier alpha value is -3.48. The van der Waals surface area contributed by atoms with Crippen molar-refractivity contribution in [3.63, 3.8) is 0 Å². The number of alkyl halides is 2. The topological polar surface area (TPSA) is 126 Å². The molecule has 0 bridgehead atoms. The summed E-state index contributed by atoms with van der Waals surface area (Å²) in [4.78, 5) is 39.8. The number of amides is 1. The van der Waals surface area contributed by atoms with Crippen LogP contribution in [0.5, 0.6) is 0 Å². The highest BCUT2D eigenvalue weighted by atomic mass is 19.3. The summed E-state index contributed by atoms with van der Waals surface area (Å²) in [6.07, 6.45) is 3.91. The zero-order chi connectivity index (χ0) is 27.1. The number of anilines is 3. The number of aromatic nitrogens is 5. The van der Waals surface area contributed by atoms with Gasteiger partial charge in [-0.3, -0.25) is 4.79 Å². The van der Waals surface area contributed by atoms with E-state index < -0.39 is 12.1 Å². The van der Waals surface area contributed by atoms with Gasteiger partial charge in [0.05, 0.1) is 18.8 Å². The molecule has 0 radical (unpaired) electrons. The fourth-order valence-corrected chi connectivity index (χ4v) is 4.39. The molecule has 2 fully saturated rings. The second-order valence-electron chi connectivity index (χ2n) is 9.58. The lowest BCUT2D eigenvalue weighted by Gasteiger charge is -2.35. The minimum atomic E-state index is -2.88. The third-order valence-electron chi connectivity index (χ3n) is 6.50. The maximum Gasteiger partial charge on any atom is 0.281 e. The zero-order valence-corrected chi connectivity index (χ0v) is 21.9. The molecule has 0 unspecified atom stereocenters. The summed E-state index contributed by atoms with van der Waals surface area (Å²) in [5.74, 6) is 0.696. The molecule has 0 spiro atoms. The third-order valence-corrected chi connectivity index (χ3v) is 6.50. The molecule has 0 atom stereocenters. The predicted octanol–water partition coefficient (Wildman–Crippen LogP) is 2.86. The van der Waals surface area contributed by atoms with Crippen molar-refractivity contribution in [1.82, 2.24) is 29.8 Å². The van der Waals surface area contributed by atoms with Crippen molar-refractivity contribution >= 4 is 23.8 Å². The number of nitrogen functional groups attached to an aromatic ring is 1. The number of piperazine rings is 1. The first-order valence-corrected chi connectivity index (χ1v) is 13.0. The van der Waals surface area contributed by atoms with Crippen LogP contribution in [0.2, 0.25) is 0 Å². The maximum atomic E-state index is 13.8. The molecule has 2 aliphatic heterocycles. The number of hydrogen-bond donors (Lipinski definition) is 1. The van der Waals surface area contributed by atoms with E-state index >= 15 is 0 Å². The largest absolute Gasteiger partial charge is 0.378 e. The average molecular weight is 532 g/mol. The number of carbonyl (C=O) groups excluding carboxylic acids is 1. The van der Waals surface area contributed by atoms with E-state index in [1.54, 1.807) is 0 Å². The minimum Gasteiger partial charge on any atom is -0.378 e. The van der Waals surface area contributed by atoms with Crippen molar-refractivity contribution in [3.8, 4) is 11.4 Å². The highest BCUT2D eigenvalue weighted by Gasteiger charge is 2.27. The lowest BCUT2D eigenvalue weighted by Crippen LogP contribution is -2.49. The Balaban J connectivity index is 1.50. The van der Waals surface area contributed by atoms with Gasteiger partial charge in [-0.05, 0) is 33.1 Å². The number of rotatable bonds is 9. The Morgan fingerprint density at radius 1 is 1.00 bits per heavy atom. The Morgan fingerprint density at radius 2 is 1.66 bits per heavy atom. The first-order valence-electron chi connectivity index (χ1n) is 13.0.